The highest BCUT2D eigenvalue weighted by Gasteiger charge is 1.65. The van der Waals surface area contributed by atoms with Crippen LogP contribution >= 0.6 is 8.89 Å². The van der Waals surface area contributed by atoms with Crippen molar-refractivity contribution in [2.24, 2.45) is 0 Å². The molecular weight excluding hydrogens is 86.0 g/mol. The molecular formula is C3H6FP. The quantitative estimate of drug-likeness (QED) is 0.359. The Morgan fingerprint density at radius 2 is 2.60 bits per heavy atom. The fourth-order valence-corrected chi connectivity index (χ4v) is 0.164. The normalized spacial score (nSPS) is 9.80. The number of allylic oxidation sites excluding steroid dienone is 1. The van der Waals surface area contributed by atoms with E-state index in [1.807, 2.05) is 0 Å². The molecule has 0 aliphatic heterocycles. The first-order valence-corrected chi connectivity index (χ1v) is 2.44. The summed E-state index contributed by atoms with van der Waals surface area (Å²) in [6.45, 7) is 3.32. The van der Waals surface area contributed by atoms with Gasteiger partial charge in [0.15, 0.2) is 0 Å². The predicted octanol–water partition coefficient (Wildman–Crippen LogP) is 1.74. The van der Waals surface area contributed by atoms with Crippen molar-refractivity contribution in [2.75, 3.05) is 6.16 Å². The van der Waals surface area contributed by atoms with Crippen LogP contribution < -0.4 is 0 Å². The zero-order valence-corrected chi connectivity index (χ0v) is 3.87. The van der Waals surface area contributed by atoms with Gasteiger partial charge < -0.3 is 0 Å². The maximum atomic E-state index is 11.0. The van der Waals surface area contributed by atoms with Gasteiger partial charge in [-0.2, -0.15) is 0 Å². The van der Waals surface area contributed by atoms with E-state index in [-0.39, 0.29) is 0 Å². The fourth-order valence-electron chi connectivity index (χ4n) is 0.0546. The zero-order valence-electron chi connectivity index (χ0n) is 2.87. The van der Waals surface area contributed by atoms with Crippen molar-refractivity contribution in [3.05, 3.63) is 12.7 Å². The second kappa shape index (κ2) is 4.10. The molecule has 0 aromatic rings. The highest BCUT2D eigenvalue weighted by atomic mass is 31.1. The minimum Gasteiger partial charge on any atom is -0.230 e. The van der Waals surface area contributed by atoms with Crippen LogP contribution in [0.15, 0.2) is 12.7 Å². The molecule has 0 saturated heterocycles. The summed E-state index contributed by atoms with van der Waals surface area (Å²) in [5.41, 5.74) is 0. The third-order valence-corrected chi connectivity index (χ3v) is 0.664. The maximum Gasteiger partial charge on any atom is 0.0709 e. The van der Waals surface area contributed by atoms with Gasteiger partial charge in [0.25, 0.3) is 0 Å². The smallest absolute Gasteiger partial charge is 0.0709 e. The molecule has 0 amide bonds. The van der Waals surface area contributed by atoms with E-state index in [0.29, 0.717) is 6.16 Å². The molecule has 5 heavy (non-hydrogen) atoms. The van der Waals surface area contributed by atoms with E-state index in [4.69, 9.17) is 0 Å². The largest absolute Gasteiger partial charge is 0.230 e. The van der Waals surface area contributed by atoms with Gasteiger partial charge in [-0.1, -0.05) is 6.08 Å². The average Bonchev–Trinajstić information content (AvgIpc) is 1.41. The molecule has 1 unspecified atom stereocenters. The van der Waals surface area contributed by atoms with Gasteiger partial charge in [0.05, 0.1) is 8.89 Å². The molecule has 0 nitrogen and oxygen atoms in total. The Labute approximate surface area is 33.0 Å². The molecule has 0 aliphatic carbocycles. The molecule has 2 heteroatoms. The standard InChI is InChI=1S/C3H6FP/c1-2-3-5-4/h2,5H,1,3H2. The molecule has 0 bridgehead atoms. The number of hydrogen-bond acceptors (Lipinski definition) is 0. The summed E-state index contributed by atoms with van der Waals surface area (Å²) >= 11 is 0. The lowest BCUT2D eigenvalue weighted by Crippen LogP contribution is -1.49. The van der Waals surface area contributed by atoms with Gasteiger partial charge >= 0.3 is 0 Å². The first kappa shape index (κ1) is 5.10. The first-order chi connectivity index (χ1) is 2.41. The molecule has 0 rings (SSSR count). The second-order valence-corrected chi connectivity index (χ2v) is 1.30. The lowest BCUT2D eigenvalue weighted by atomic mass is 10.8. The molecule has 0 saturated carbocycles. The summed E-state index contributed by atoms with van der Waals surface area (Å²) in [4.78, 5) is 0. The van der Waals surface area contributed by atoms with E-state index in [0.717, 1.165) is 0 Å². The molecule has 1 atom stereocenters. The lowest BCUT2D eigenvalue weighted by Gasteiger charge is -1.69. The number of rotatable bonds is 2. The Balaban J connectivity index is 2.40. The van der Waals surface area contributed by atoms with E-state index in [2.05, 4.69) is 6.58 Å². The highest BCUT2D eigenvalue weighted by molar-refractivity contribution is 7.31. The van der Waals surface area contributed by atoms with Crippen LogP contribution in [0.3, 0.4) is 0 Å². The van der Waals surface area contributed by atoms with Gasteiger partial charge in [0, 0.05) is 6.16 Å². The van der Waals surface area contributed by atoms with Crippen molar-refractivity contribution in [1.29, 1.82) is 0 Å². The SMILES string of the molecule is C=CCPF. The highest BCUT2D eigenvalue weighted by Crippen LogP contribution is 2.07. The topological polar surface area (TPSA) is 0 Å². The number of hydrogen-bond donors (Lipinski definition) is 0. The van der Waals surface area contributed by atoms with Crippen LogP contribution in [0.25, 0.3) is 0 Å². The monoisotopic (exact) mass is 92.0 g/mol. The van der Waals surface area contributed by atoms with E-state index in [1.54, 1.807) is 6.08 Å². The molecule has 30 valence electrons. The van der Waals surface area contributed by atoms with Gasteiger partial charge in [-0.05, 0) is 0 Å². The van der Waals surface area contributed by atoms with E-state index in [1.165, 1.54) is 0 Å². The van der Waals surface area contributed by atoms with Gasteiger partial charge in [-0.15, -0.1) is 6.58 Å². The summed E-state index contributed by atoms with van der Waals surface area (Å²) < 4.78 is 11.0. The van der Waals surface area contributed by atoms with Crippen molar-refractivity contribution < 1.29 is 4.20 Å². The minimum atomic E-state index is -0.460. The van der Waals surface area contributed by atoms with Crippen molar-refractivity contribution in [3.63, 3.8) is 0 Å². The zero-order chi connectivity index (χ0) is 4.12. The molecule has 0 radical (unpaired) electrons. The third kappa shape index (κ3) is 4.10. The van der Waals surface area contributed by atoms with Crippen molar-refractivity contribution in [1.82, 2.24) is 0 Å². The van der Waals surface area contributed by atoms with Crippen molar-refractivity contribution in [3.8, 4) is 0 Å². The summed E-state index contributed by atoms with van der Waals surface area (Å²) in [6.07, 6.45) is 2.08. The van der Waals surface area contributed by atoms with E-state index < -0.39 is 8.89 Å². The Kier molecular flexibility index (Phi) is 4.18. The Morgan fingerprint density at radius 1 is 2.00 bits per heavy atom. The van der Waals surface area contributed by atoms with Gasteiger partial charge in [0.1, 0.15) is 0 Å². The van der Waals surface area contributed by atoms with Crippen LogP contribution in [0.5, 0.6) is 0 Å². The molecule has 0 aliphatic rings. The van der Waals surface area contributed by atoms with Crippen LogP contribution in [0.2, 0.25) is 0 Å². The minimum absolute atomic E-state index is 0.460. The fraction of sp³-hybridized carbons (Fsp3) is 0.333. The van der Waals surface area contributed by atoms with Crippen LogP contribution in [-0.2, 0) is 0 Å². The molecule has 0 heterocycles. The van der Waals surface area contributed by atoms with E-state index >= 15 is 0 Å². The molecule has 0 N–H and O–H groups in total. The second-order valence-electron chi connectivity index (χ2n) is 0.626. The van der Waals surface area contributed by atoms with Crippen LogP contribution in [0.1, 0.15) is 0 Å². The van der Waals surface area contributed by atoms with Crippen LogP contribution in [0, 0.1) is 0 Å². The summed E-state index contributed by atoms with van der Waals surface area (Å²) in [5.74, 6) is 0. The summed E-state index contributed by atoms with van der Waals surface area (Å²) in [5, 5.41) is 0. The predicted molar refractivity (Wildman–Crippen MR) is 24.5 cm³/mol. The maximum absolute atomic E-state index is 11.0. The summed E-state index contributed by atoms with van der Waals surface area (Å²) in [7, 11) is -0.460. The average molecular weight is 92.1 g/mol. The first-order valence-electron chi connectivity index (χ1n) is 1.36. The molecule has 0 aromatic carbocycles. The van der Waals surface area contributed by atoms with E-state index in [9.17, 15) is 4.20 Å². The van der Waals surface area contributed by atoms with Crippen molar-refractivity contribution >= 4 is 8.89 Å². The van der Waals surface area contributed by atoms with Gasteiger partial charge in [-0.3, -0.25) is 0 Å². The Bertz CT molecular complexity index is 28.1. The Hall–Kier alpha value is 0.100. The van der Waals surface area contributed by atoms with Gasteiger partial charge in [-0.25, -0.2) is 4.20 Å². The van der Waals surface area contributed by atoms with Crippen LogP contribution in [-0.4, -0.2) is 6.16 Å². The molecule has 0 fully saturated rings. The third-order valence-electron chi connectivity index (χ3n) is 0.221. The van der Waals surface area contributed by atoms with Gasteiger partial charge in [0.2, 0.25) is 0 Å². The molecule has 0 aromatic heterocycles. The Morgan fingerprint density at radius 3 is 2.60 bits per heavy atom. The number of halogens is 1. The van der Waals surface area contributed by atoms with Crippen LogP contribution in [0.4, 0.5) is 4.20 Å². The lowest BCUT2D eigenvalue weighted by molar-refractivity contribution is 0.919. The molecule has 0 spiro atoms. The summed E-state index contributed by atoms with van der Waals surface area (Å²) in [6, 6.07) is 0. The van der Waals surface area contributed by atoms with Crippen molar-refractivity contribution in [2.45, 2.75) is 0 Å².